The molecule has 0 saturated carbocycles. The summed E-state index contributed by atoms with van der Waals surface area (Å²) in [5.41, 5.74) is 0.372. The molecule has 3 nitrogen and oxygen atoms in total. The molecule has 0 saturated heterocycles. The van der Waals surface area contributed by atoms with Crippen molar-refractivity contribution in [2.75, 3.05) is 6.61 Å². The topological polar surface area (TPSA) is 46.5 Å². The predicted molar refractivity (Wildman–Crippen MR) is 62.4 cm³/mol. The number of carbonyl (C=O) groups is 1. The number of ether oxygens (including phenoxy) is 1. The van der Waals surface area contributed by atoms with E-state index in [-0.39, 0.29) is 6.42 Å². The van der Waals surface area contributed by atoms with Gasteiger partial charge in [0.05, 0.1) is 0 Å². The third-order valence-electron chi connectivity index (χ3n) is 2.46. The van der Waals surface area contributed by atoms with Gasteiger partial charge in [-0.3, -0.25) is 0 Å². The Hall–Kier alpha value is -1.42. The normalized spacial score (nSPS) is 12.4. The Morgan fingerprint density at radius 2 is 2.18 bits per heavy atom. The van der Waals surface area contributed by atoms with Gasteiger partial charge in [0.15, 0.2) is 6.10 Å². The minimum atomic E-state index is -1.05. The third kappa shape index (κ3) is 4.53. The van der Waals surface area contributed by atoms with Crippen LogP contribution < -0.4 is 0 Å². The highest BCUT2D eigenvalue weighted by Crippen LogP contribution is 2.11. The molecule has 1 rings (SSSR count). The maximum absolute atomic E-state index is 13.4. The fraction of sp³-hybridized carbons (Fsp3) is 0.462. The van der Waals surface area contributed by atoms with E-state index in [0.717, 1.165) is 12.8 Å². The van der Waals surface area contributed by atoms with Crippen LogP contribution in [0.3, 0.4) is 0 Å². The quantitative estimate of drug-likeness (QED) is 0.745. The summed E-state index contributed by atoms with van der Waals surface area (Å²) in [4.78, 5) is 11.0. The summed E-state index contributed by atoms with van der Waals surface area (Å²) in [5.74, 6) is -1.44. The Labute approximate surface area is 100 Å². The average Bonchev–Trinajstić information content (AvgIpc) is 2.30. The molecule has 0 amide bonds. The summed E-state index contributed by atoms with van der Waals surface area (Å²) in [6.07, 6.45) is 0.831. The van der Waals surface area contributed by atoms with E-state index in [4.69, 9.17) is 9.84 Å². The number of hydrogen-bond acceptors (Lipinski definition) is 2. The third-order valence-corrected chi connectivity index (χ3v) is 2.46. The summed E-state index contributed by atoms with van der Waals surface area (Å²) in [7, 11) is 0. The lowest BCUT2D eigenvalue weighted by molar-refractivity contribution is -0.150. The van der Waals surface area contributed by atoms with Crippen LogP contribution in [-0.4, -0.2) is 23.8 Å². The van der Waals surface area contributed by atoms with E-state index in [1.807, 2.05) is 6.92 Å². The number of rotatable bonds is 7. The molecule has 1 aromatic rings. The standard InChI is InChI=1S/C13H17FO3/c1-2-3-8-17-12(13(15)16)9-10-6-4-5-7-11(10)14/h4-7,12H,2-3,8-9H2,1H3,(H,15,16)/t12-/m0/s1. The maximum atomic E-state index is 13.4. The van der Waals surface area contributed by atoms with Gasteiger partial charge in [0.25, 0.3) is 0 Å². The molecule has 0 aromatic heterocycles. The van der Waals surface area contributed by atoms with Gasteiger partial charge >= 0.3 is 5.97 Å². The second kappa shape index (κ2) is 7.01. The fourth-order valence-corrected chi connectivity index (χ4v) is 1.45. The van der Waals surface area contributed by atoms with Gasteiger partial charge in [0, 0.05) is 13.0 Å². The van der Waals surface area contributed by atoms with Crippen LogP contribution in [-0.2, 0) is 16.0 Å². The predicted octanol–water partition coefficient (Wildman–Crippen LogP) is 2.64. The van der Waals surface area contributed by atoms with Crippen LogP contribution in [0, 0.1) is 5.82 Å². The van der Waals surface area contributed by atoms with Gasteiger partial charge in [-0.1, -0.05) is 31.5 Å². The highest BCUT2D eigenvalue weighted by Gasteiger charge is 2.19. The number of carboxylic acids is 1. The minimum absolute atomic E-state index is 0.0612. The summed E-state index contributed by atoms with van der Waals surface area (Å²) in [6, 6.07) is 6.16. The Kier molecular flexibility index (Phi) is 5.63. The van der Waals surface area contributed by atoms with Gasteiger partial charge in [-0.2, -0.15) is 0 Å². The highest BCUT2D eigenvalue weighted by atomic mass is 19.1. The molecule has 1 aromatic carbocycles. The zero-order valence-electron chi connectivity index (χ0n) is 9.86. The van der Waals surface area contributed by atoms with Crippen molar-refractivity contribution in [1.82, 2.24) is 0 Å². The molecule has 0 radical (unpaired) electrons. The minimum Gasteiger partial charge on any atom is -0.479 e. The number of unbranched alkanes of at least 4 members (excludes halogenated alkanes) is 1. The lowest BCUT2D eigenvalue weighted by Gasteiger charge is -2.13. The second-order valence-corrected chi connectivity index (χ2v) is 3.85. The van der Waals surface area contributed by atoms with Gasteiger partial charge in [-0.05, 0) is 18.1 Å². The number of hydrogen-bond donors (Lipinski definition) is 1. The highest BCUT2D eigenvalue weighted by molar-refractivity contribution is 5.72. The van der Waals surface area contributed by atoms with E-state index in [9.17, 15) is 9.18 Å². The van der Waals surface area contributed by atoms with Crippen molar-refractivity contribution in [2.24, 2.45) is 0 Å². The van der Waals surface area contributed by atoms with Gasteiger partial charge < -0.3 is 9.84 Å². The van der Waals surface area contributed by atoms with Gasteiger partial charge in [0.2, 0.25) is 0 Å². The maximum Gasteiger partial charge on any atom is 0.333 e. The van der Waals surface area contributed by atoms with Crippen LogP contribution in [0.4, 0.5) is 4.39 Å². The largest absolute Gasteiger partial charge is 0.479 e. The Balaban J connectivity index is 2.61. The van der Waals surface area contributed by atoms with E-state index < -0.39 is 17.9 Å². The molecule has 17 heavy (non-hydrogen) atoms. The molecule has 0 aliphatic heterocycles. The van der Waals surface area contributed by atoms with Gasteiger partial charge in [0.1, 0.15) is 5.82 Å². The lowest BCUT2D eigenvalue weighted by atomic mass is 10.1. The lowest BCUT2D eigenvalue weighted by Crippen LogP contribution is -2.27. The molecule has 94 valence electrons. The van der Waals surface area contributed by atoms with Crippen molar-refractivity contribution in [1.29, 1.82) is 0 Å². The summed E-state index contributed by atoms with van der Waals surface area (Å²) >= 11 is 0. The zero-order chi connectivity index (χ0) is 12.7. The first kappa shape index (κ1) is 13.6. The molecule has 1 N–H and O–H groups in total. The summed E-state index contributed by atoms with van der Waals surface area (Å²) in [6.45, 7) is 2.39. The fourth-order valence-electron chi connectivity index (χ4n) is 1.45. The first-order valence-corrected chi connectivity index (χ1v) is 5.73. The monoisotopic (exact) mass is 240 g/mol. The molecule has 0 aliphatic carbocycles. The van der Waals surface area contributed by atoms with Crippen LogP contribution in [0.1, 0.15) is 25.3 Å². The number of benzene rings is 1. The molecule has 0 bridgehead atoms. The molecule has 0 heterocycles. The molecule has 1 atom stereocenters. The van der Waals surface area contributed by atoms with Crippen LogP contribution in [0.25, 0.3) is 0 Å². The number of aliphatic carboxylic acids is 1. The van der Waals surface area contributed by atoms with Gasteiger partial charge in [-0.15, -0.1) is 0 Å². The van der Waals surface area contributed by atoms with Crippen LogP contribution >= 0.6 is 0 Å². The Morgan fingerprint density at radius 1 is 1.47 bits per heavy atom. The smallest absolute Gasteiger partial charge is 0.333 e. The first-order chi connectivity index (χ1) is 8.15. The summed E-state index contributed by atoms with van der Waals surface area (Å²) < 4.78 is 18.6. The second-order valence-electron chi connectivity index (χ2n) is 3.85. The Morgan fingerprint density at radius 3 is 2.76 bits per heavy atom. The Bertz CT molecular complexity index is 365. The number of carboxylic acid groups (broad SMARTS) is 1. The van der Waals surface area contributed by atoms with E-state index in [2.05, 4.69) is 0 Å². The molecule has 4 heteroatoms. The van der Waals surface area contributed by atoms with Crippen molar-refractivity contribution in [3.8, 4) is 0 Å². The SMILES string of the molecule is CCCCO[C@@H](Cc1ccccc1F)C(=O)O. The zero-order valence-corrected chi connectivity index (χ0v) is 9.86. The van der Waals surface area contributed by atoms with Crippen LogP contribution in [0.15, 0.2) is 24.3 Å². The van der Waals surface area contributed by atoms with Crippen LogP contribution in [0.5, 0.6) is 0 Å². The van der Waals surface area contributed by atoms with Crippen LogP contribution in [0.2, 0.25) is 0 Å². The van der Waals surface area contributed by atoms with E-state index in [0.29, 0.717) is 12.2 Å². The molecule has 0 fully saturated rings. The van der Waals surface area contributed by atoms with Gasteiger partial charge in [-0.25, -0.2) is 9.18 Å². The van der Waals surface area contributed by atoms with Crippen molar-refractivity contribution in [3.05, 3.63) is 35.6 Å². The first-order valence-electron chi connectivity index (χ1n) is 5.73. The molecule has 0 unspecified atom stereocenters. The van der Waals surface area contributed by atoms with Crippen molar-refractivity contribution in [2.45, 2.75) is 32.3 Å². The average molecular weight is 240 g/mol. The molecule has 0 aliphatic rings. The summed E-state index contributed by atoms with van der Waals surface area (Å²) in [5, 5.41) is 8.98. The number of halogens is 1. The molecular weight excluding hydrogens is 223 g/mol. The van der Waals surface area contributed by atoms with E-state index in [1.54, 1.807) is 18.2 Å². The van der Waals surface area contributed by atoms with Crippen molar-refractivity contribution in [3.63, 3.8) is 0 Å². The molecule has 0 spiro atoms. The van der Waals surface area contributed by atoms with Crippen molar-refractivity contribution < 1.29 is 19.0 Å². The molecular formula is C13H17FO3. The van der Waals surface area contributed by atoms with E-state index in [1.165, 1.54) is 6.07 Å². The van der Waals surface area contributed by atoms with Crippen molar-refractivity contribution >= 4 is 5.97 Å². The van der Waals surface area contributed by atoms with E-state index >= 15 is 0 Å².